The van der Waals surface area contributed by atoms with Crippen LogP contribution in [0.3, 0.4) is 0 Å². The molecule has 236 valence electrons. The Labute approximate surface area is 297 Å². The van der Waals surface area contributed by atoms with Crippen molar-refractivity contribution in [1.82, 2.24) is 0 Å². The van der Waals surface area contributed by atoms with Crippen LogP contribution in [0, 0.1) is 0 Å². The second kappa shape index (κ2) is 13.0. The molecule has 1 aromatic heterocycles. The Morgan fingerprint density at radius 3 is 1.18 bits per heavy atom. The van der Waals surface area contributed by atoms with Crippen molar-refractivity contribution in [3.63, 3.8) is 0 Å². The van der Waals surface area contributed by atoms with Crippen LogP contribution < -0.4 is 4.90 Å². The van der Waals surface area contributed by atoms with E-state index in [1.165, 1.54) is 64.7 Å². The minimum Gasteiger partial charge on any atom is -0.310 e. The summed E-state index contributed by atoms with van der Waals surface area (Å²) in [5.74, 6) is 0. The van der Waals surface area contributed by atoms with Crippen LogP contribution in [0.15, 0.2) is 200 Å². The molecule has 1 nitrogen and oxygen atoms in total. The van der Waals surface area contributed by atoms with E-state index in [-0.39, 0.29) is 0 Å². The van der Waals surface area contributed by atoms with Crippen molar-refractivity contribution in [2.45, 2.75) is 0 Å². The first-order chi connectivity index (χ1) is 24.8. The molecular formula is C48H33NS. The monoisotopic (exact) mass is 655 g/mol. The molecule has 0 fully saturated rings. The quantitative estimate of drug-likeness (QED) is 0.165. The largest absolute Gasteiger partial charge is 0.310 e. The SMILES string of the molecule is c1ccc(-c2ccc(N(c3ccc(-c4ccccc4)cc3)c3cccc(-c4cccc5c4sc4c(-c6ccccc6)cccc45)c3)cc2)cc1. The van der Waals surface area contributed by atoms with Crippen LogP contribution in [0.25, 0.3) is 64.7 Å². The first-order valence-corrected chi connectivity index (χ1v) is 17.8. The van der Waals surface area contributed by atoms with Crippen LogP contribution in [0.2, 0.25) is 0 Å². The Kier molecular flexibility index (Phi) is 7.77. The number of fused-ring (bicyclic) bond motifs is 3. The van der Waals surface area contributed by atoms with Crippen LogP contribution >= 0.6 is 11.3 Å². The van der Waals surface area contributed by atoms with Gasteiger partial charge in [-0.3, -0.25) is 0 Å². The third-order valence-corrected chi connectivity index (χ3v) is 10.8. The lowest BCUT2D eigenvalue weighted by molar-refractivity contribution is 1.28. The van der Waals surface area contributed by atoms with Crippen LogP contribution in [0.1, 0.15) is 0 Å². The molecule has 9 rings (SSSR count). The summed E-state index contributed by atoms with van der Waals surface area (Å²) in [6, 6.07) is 72.2. The second-order valence-corrected chi connectivity index (χ2v) is 13.6. The molecule has 0 spiro atoms. The van der Waals surface area contributed by atoms with Gasteiger partial charge in [-0.05, 0) is 80.9 Å². The lowest BCUT2D eigenvalue weighted by Gasteiger charge is -2.26. The van der Waals surface area contributed by atoms with Gasteiger partial charge in [0.25, 0.3) is 0 Å². The van der Waals surface area contributed by atoms with E-state index in [0.717, 1.165) is 17.1 Å². The molecule has 0 atom stereocenters. The summed E-state index contributed by atoms with van der Waals surface area (Å²) in [5.41, 5.74) is 13.2. The Hall–Kier alpha value is -6.22. The highest BCUT2D eigenvalue weighted by Gasteiger charge is 2.17. The van der Waals surface area contributed by atoms with Gasteiger partial charge >= 0.3 is 0 Å². The standard InChI is InChI=1S/C48H33NS/c1-4-13-34(14-5-1)36-25-29-40(30-26-36)49(41-31-27-37(28-32-41)35-15-6-2-7-16-35)42-20-10-19-39(33-42)44-22-12-24-46-45-23-11-21-43(47(45)50-48(44)46)38-17-8-3-9-18-38/h1-33H. The molecule has 0 bridgehead atoms. The van der Waals surface area contributed by atoms with E-state index in [1.54, 1.807) is 0 Å². The minimum atomic E-state index is 1.11. The fourth-order valence-electron chi connectivity index (χ4n) is 7.02. The molecule has 0 saturated carbocycles. The Morgan fingerprint density at radius 1 is 0.280 bits per heavy atom. The molecule has 0 radical (unpaired) electrons. The molecule has 0 aliphatic carbocycles. The summed E-state index contributed by atoms with van der Waals surface area (Å²) in [4.78, 5) is 2.37. The highest BCUT2D eigenvalue weighted by molar-refractivity contribution is 7.26. The average molecular weight is 656 g/mol. The lowest BCUT2D eigenvalue weighted by atomic mass is 9.99. The third kappa shape index (κ3) is 5.56. The van der Waals surface area contributed by atoms with Gasteiger partial charge < -0.3 is 4.90 Å². The zero-order valence-electron chi connectivity index (χ0n) is 27.4. The van der Waals surface area contributed by atoms with E-state index in [4.69, 9.17) is 0 Å². The molecule has 0 N–H and O–H groups in total. The van der Waals surface area contributed by atoms with E-state index in [1.807, 2.05) is 11.3 Å². The van der Waals surface area contributed by atoms with E-state index in [0.29, 0.717) is 0 Å². The molecule has 0 saturated heterocycles. The topological polar surface area (TPSA) is 3.24 Å². The zero-order valence-corrected chi connectivity index (χ0v) is 28.2. The Morgan fingerprint density at radius 2 is 0.680 bits per heavy atom. The maximum absolute atomic E-state index is 2.37. The van der Waals surface area contributed by atoms with E-state index in [9.17, 15) is 0 Å². The van der Waals surface area contributed by atoms with Gasteiger partial charge in [-0.25, -0.2) is 0 Å². The number of thiophene rings is 1. The van der Waals surface area contributed by atoms with E-state index < -0.39 is 0 Å². The molecule has 50 heavy (non-hydrogen) atoms. The number of hydrogen-bond acceptors (Lipinski definition) is 2. The van der Waals surface area contributed by atoms with Crippen molar-refractivity contribution in [2.24, 2.45) is 0 Å². The van der Waals surface area contributed by atoms with Crippen LogP contribution in [0.4, 0.5) is 17.1 Å². The normalized spacial score (nSPS) is 11.2. The van der Waals surface area contributed by atoms with Crippen molar-refractivity contribution < 1.29 is 0 Å². The smallest absolute Gasteiger partial charge is 0.0467 e. The van der Waals surface area contributed by atoms with Crippen molar-refractivity contribution >= 4 is 48.6 Å². The van der Waals surface area contributed by atoms with Crippen molar-refractivity contribution in [3.8, 4) is 44.5 Å². The molecule has 0 aliphatic rings. The van der Waals surface area contributed by atoms with E-state index in [2.05, 4.69) is 205 Å². The molecule has 0 aliphatic heterocycles. The fourth-order valence-corrected chi connectivity index (χ4v) is 8.39. The van der Waals surface area contributed by atoms with Crippen LogP contribution in [-0.4, -0.2) is 0 Å². The highest BCUT2D eigenvalue weighted by atomic mass is 32.1. The maximum atomic E-state index is 2.37. The molecule has 0 amide bonds. The molecule has 2 heteroatoms. The number of anilines is 3. The lowest BCUT2D eigenvalue weighted by Crippen LogP contribution is -2.10. The van der Waals surface area contributed by atoms with Gasteiger partial charge in [0.1, 0.15) is 0 Å². The van der Waals surface area contributed by atoms with Gasteiger partial charge in [0.15, 0.2) is 0 Å². The van der Waals surface area contributed by atoms with Gasteiger partial charge in [-0.2, -0.15) is 0 Å². The maximum Gasteiger partial charge on any atom is 0.0467 e. The summed E-state index contributed by atoms with van der Waals surface area (Å²) in [6.45, 7) is 0. The fraction of sp³-hybridized carbons (Fsp3) is 0. The minimum absolute atomic E-state index is 1.11. The van der Waals surface area contributed by atoms with Crippen molar-refractivity contribution in [2.75, 3.05) is 4.90 Å². The number of hydrogen-bond donors (Lipinski definition) is 0. The number of rotatable bonds is 7. The summed E-state index contributed by atoms with van der Waals surface area (Å²) < 4.78 is 2.64. The summed E-state index contributed by atoms with van der Waals surface area (Å²) >= 11 is 1.90. The first-order valence-electron chi connectivity index (χ1n) is 17.0. The number of benzene rings is 8. The molecule has 0 unspecified atom stereocenters. The van der Waals surface area contributed by atoms with Gasteiger partial charge in [0.2, 0.25) is 0 Å². The number of nitrogens with zero attached hydrogens (tertiary/aromatic N) is 1. The predicted molar refractivity (Wildman–Crippen MR) is 216 cm³/mol. The molecule has 1 heterocycles. The predicted octanol–water partition coefficient (Wildman–Crippen LogP) is 14.2. The van der Waals surface area contributed by atoms with Crippen LogP contribution in [-0.2, 0) is 0 Å². The summed E-state index contributed by atoms with van der Waals surface area (Å²) in [5, 5.41) is 2.61. The molecular weight excluding hydrogens is 623 g/mol. The third-order valence-electron chi connectivity index (χ3n) is 9.49. The summed E-state index contributed by atoms with van der Waals surface area (Å²) in [6.07, 6.45) is 0. The van der Waals surface area contributed by atoms with Gasteiger partial charge in [-0.15, -0.1) is 11.3 Å². The Balaban J connectivity index is 1.16. The summed E-state index contributed by atoms with van der Waals surface area (Å²) in [7, 11) is 0. The Bertz CT molecular complexity index is 2470. The molecule has 8 aromatic carbocycles. The van der Waals surface area contributed by atoms with Gasteiger partial charge in [-0.1, -0.05) is 164 Å². The van der Waals surface area contributed by atoms with E-state index >= 15 is 0 Å². The van der Waals surface area contributed by atoms with Gasteiger partial charge in [0, 0.05) is 37.2 Å². The van der Waals surface area contributed by atoms with Crippen molar-refractivity contribution in [1.29, 1.82) is 0 Å². The van der Waals surface area contributed by atoms with Crippen LogP contribution in [0.5, 0.6) is 0 Å². The zero-order chi connectivity index (χ0) is 33.3. The first kappa shape index (κ1) is 29.9. The molecule has 9 aromatic rings. The van der Waals surface area contributed by atoms with Gasteiger partial charge in [0.05, 0.1) is 0 Å². The second-order valence-electron chi connectivity index (χ2n) is 12.5. The van der Waals surface area contributed by atoms with Crippen molar-refractivity contribution in [3.05, 3.63) is 200 Å². The highest BCUT2D eigenvalue weighted by Crippen LogP contribution is 2.45. The average Bonchev–Trinajstić information content (AvgIpc) is 3.59.